The maximum atomic E-state index is 12.8. The van der Waals surface area contributed by atoms with Crippen LogP contribution in [0.15, 0.2) is 42.7 Å². The number of aromatic nitrogens is 1. The summed E-state index contributed by atoms with van der Waals surface area (Å²) in [4.78, 5) is 17.4. The van der Waals surface area contributed by atoms with Crippen LogP contribution in [0.1, 0.15) is 11.1 Å². The Morgan fingerprint density at radius 3 is 2.54 bits per heavy atom. The first-order valence-corrected chi connectivity index (χ1v) is 7.43. The lowest BCUT2D eigenvalue weighted by Gasteiger charge is -2.19. The maximum absolute atomic E-state index is 12.8. The zero-order valence-electron chi connectivity index (χ0n) is 12.8. The van der Waals surface area contributed by atoms with Gasteiger partial charge in [-0.05, 0) is 42.3 Å². The molecule has 0 aliphatic carbocycles. The Kier molecular flexibility index (Phi) is 5.66. The normalized spacial score (nSPS) is 11.2. The molecule has 2 rings (SSSR count). The summed E-state index contributed by atoms with van der Waals surface area (Å²) in [5, 5.41) is 2.02. The van der Waals surface area contributed by atoms with Gasteiger partial charge in [0.05, 0.1) is 10.6 Å². The standard InChI is InChI=1S/C16H15ClF3N3O/c1-23(9-6-11-4-7-21-8-5-11)15(24)22-12-2-3-14(17)13(10-12)16(18,19)20/h2-5,7-8,10H,6,9H2,1H3,(H,22,24). The molecule has 1 aromatic heterocycles. The molecule has 8 heteroatoms. The number of hydrogen-bond acceptors (Lipinski definition) is 2. The molecule has 2 amide bonds. The molecular formula is C16H15ClF3N3O. The molecular weight excluding hydrogens is 343 g/mol. The number of hydrogen-bond donors (Lipinski definition) is 1. The SMILES string of the molecule is CN(CCc1ccncc1)C(=O)Nc1ccc(Cl)c(C(F)(F)F)c1. The molecule has 0 bridgehead atoms. The summed E-state index contributed by atoms with van der Waals surface area (Å²) in [7, 11) is 1.57. The van der Waals surface area contributed by atoms with Crippen LogP contribution in [0.25, 0.3) is 0 Å². The smallest absolute Gasteiger partial charge is 0.327 e. The highest BCUT2D eigenvalue weighted by Crippen LogP contribution is 2.36. The average Bonchev–Trinajstić information content (AvgIpc) is 2.54. The van der Waals surface area contributed by atoms with E-state index in [-0.39, 0.29) is 5.69 Å². The van der Waals surface area contributed by atoms with Crippen LogP contribution in [-0.2, 0) is 12.6 Å². The van der Waals surface area contributed by atoms with Crippen molar-refractivity contribution >= 4 is 23.3 Å². The molecule has 2 aromatic rings. The molecule has 1 heterocycles. The first-order chi connectivity index (χ1) is 11.3. The summed E-state index contributed by atoms with van der Waals surface area (Å²) in [6, 6.07) is 6.42. The number of nitrogens with zero attached hydrogens (tertiary/aromatic N) is 2. The summed E-state index contributed by atoms with van der Waals surface area (Å²) in [5.41, 5.74) is 0.0596. The molecule has 0 radical (unpaired) electrons. The molecule has 0 saturated carbocycles. The predicted molar refractivity (Wildman–Crippen MR) is 86.0 cm³/mol. The second-order valence-electron chi connectivity index (χ2n) is 5.15. The fourth-order valence-electron chi connectivity index (χ4n) is 1.99. The monoisotopic (exact) mass is 357 g/mol. The van der Waals surface area contributed by atoms with Crippen LogP contribution in [0.5, 0.6) is 0 Å². The third-order valence-electron chi connectivity index (χ3n) is 3.35. The van der Waals surface area contributed by atoms with Crippen LogP contribution in [0.4, 0.5) is 23.7 Å². The quantitative estimate of drug-likeness (QED) is 0.878. The molecule has 0 fully saturated rings. The number of likely N-dealkylation sites (N-methyl/N-ethyl adjacent to an activating group) is 1. The third-order valence-corrected chi connectivity index (χ3v) is 3.68. The molecule has 0 spiro atoms. The van der Waals surface area contributed by atoms with Gasteiger partial charge in [0, 0.05) is 31.7 Å². The Bertz CT molecular complexity index is 707. The average molecular weight is 358 g/mol. The van der Waals surface area contributed by atoms with E-state index >= 15 is 0 Å². The second kappa shape index (κ2) is 7.53. The van der Waals surface area contributed by atoms with E-state index < -0.39 is 22.8 Å². The van der Waals surface area contributed by atoms with Crippen LogP contribution >= 0.6 is 11.6 Å². The van der Waals surface area contributed by atoms with E-state index in [0.717, 1.165) is 17.7 Å². The van der Waals surface area contributed by atoms with Crippen LogP contribution in [0.2, 0.25) is 5.02 Å². The van der Waals surface area contributed by atoms with Gasteiger partial charge in [0.2, 0.25) is 0 Å². The van der Waals surface area contributed by atoms with Gasteiger partial charge in [-0.1, -0.05) is 11.6 Å². The van der Waals surface area contributed by atoms with E-state index in [1.807, 2.05) is 12.1 Å². The number of halogens is 4. The van der Waals surface area contributed by atoms with Crippen LogP contribution in [0.3, 0.4) is 0 Å². The van der Waals surface area contributed by atoms with E-state index in [1.165, 1.54) is 11.0 Å². The van der Waals surface area contributed by atoms with Crippen molar-refractivity contribution in [3.63, 3.8) is 0 Å². The first-order valence-electron chi connectivity index (χ1n) is 7.05. The Morgan fingerprint density at radius 1 is 1.25 bits per heavy atom. The zero-order chi connectivity index (χ0) is 17.7. The number of nitrogens with one attached hydrogen (secondary N) is 1. The number of carbonyl (C=O) groups is 1. The Labute approximate surface area is 142 Å². The highest BCUT2D eigenvalue weighted by Gasteiger charge is 2.33. The molecule has 0 saturated heterocycles. The molecule has 1 N–H and O–H groups in total. The molecule has 1 aromatic carbocycles. The minimum atomic E-state index is -4.58. The van der Waals surface area contributed by atoms with E-state index in [4.69, 9.17) is 11.6 Å². The lowest BCUT2D eigenvalue weighted by Crippen LogP contribution is -2.33. The molecule has 0 atom stereocenters. The maximum Gasteiger partial charge on any atom is 0.417 e. The van der Waals surface area contributed by atoms with Gasteiger partial charge in [-0.25, -0.2) is 4.79 Å². The number of benzene rings is 1. The van der Waals surface area contributed by atoms with E-state index in [9.17, 15) is 18.0 Å². The van der Waals surface area contributed by atoms with Crippen molar-refractivity contribution in [2.24, 2.45) is 0 Å². The number of alkyl halides is 3. The molecule has 0 unspecified atom stereocenters. The van der Waals surface area contributed by atoms with Crippen LogP contribution in [0, 0.1) is 0 Å². The number of pyridine rings is 1. The lowest BCUT2D eigenvalue weighted by atomic mass is 10.2. The highest BCUT2D eigenvalue weighted by molar-refractivity contribution is 6.31. The zero-order valence-corrected chi connectivity index (χ0v) is 13.5. The summed E-state index contributed by atoms with van der Waals surface area (Å²) in [5.74, 6) is 0. The van der Waals surface area contributed by atoms with Gasteiger partial charge in [-0.2, -0.15) is 13.2 Å². The summed E-state index contributed by atoms with van der Waals surface area (Å²) in [6.07, 6.45) is -0.657. The van der Waals surface area contributed by atoms with E-state index in [1.54, 1.807) is 19.4 Å². The number of carbonyl (C=O) groups excluding carboxylic acids is 1. The van der Waals surface area contributed by atoms with Gasteiger partial charge in [-0.3, -0.25) is 4.98 Å². The van der Waals surface area contributed by atoms with Gasteiger partial charge in [0.25, 0.3) is 0 Å². The summed E-state index contributed by atoms with van der Waals surface area (Å²) in [6.45, 7) is 0.412. The highest BCUT2D eigenvalue weighted by atomic mass is 35.5. The molecule has 4 nitrogen and oxygen atoms in total. The van der Waals surface area contributed by atoms with Crippen molar-refractivity contribution in [2.45, 2.75) is 12.6 Å². The fourth-order valence-corrected chi connectivity index (χ4v) is 2.21. The van der Waals surface area contributed by atoms with Crippen molar-refractivity contribution in [3.8, 4) is 0 Å². The van der Waals surface area contributed by atoms with Gasteiger partial charge in [0.15, 0.2) is 0 Å². The molecule has 128 valence electrons. The van der Waals surface area contributed by atoms with Crippen LogP contribution < -0.4 is 5.32 Å². The van der Waals surface area contributed by atoms with Crippen LogP contribution in [-0.4, -0.2) is 29.5 Å². The van der Waals surface area contributed by atoms with E-state index in [2.05, 4.69) is 10.3 Å². The minimum Gasteiger partial charge on any atom is -0.327 e. The van der Waals surface area contributed by atoms with Gasteiger partial charge < -0.3 is 10.2 Å². The Morgan fingerprint density at radius 2 is 1.92 bits per heavy atom. The predicted octanol–water partition coefficient (Wildman–Crippen LogP) is 4.46. The molecule has 24 heavy (non-hydrogen) atoms. The first kappa shape index (κ1) is 18.1. The second-order valence-corrected chi connectivity index (χ2v) is 5.56. The number of amides is 2. The minimum absolute atomic E-state index is 0.0347. The van der Waals surface area contributed by atoms with E-state index in [0.29, 0.717) is 13.0 Å². The third kappa shape index (κ3) is 4.86. The fraction of sp³-hybridized carbons (Fsp3) is 0.250. The van der Waals surface area contributed by atoms with Crippen molar-refractivity contribution in [1.82, 2.24) is 9.88 Å². The summed E-state index contributed by atoms with van der Waals surface area (Å²) < 4.78 is 38.5. The van der Waals surface area contributed by atoms with Crippen molar-refractivity contribution in [3.05, 3.63) is 58.9 Å². The number of urea groups is 1. The topological polar surface area (TPSA) is 45.2 Å². The van der Waals surface area contributed by atoms with Crippen molar-refractivity contribution < 1.29 is 18.0 Å². The molecule has 0 aliphatic rings. The van der Waals surface area contributed by atoms with Gasteiger partial charge in [-0.15, -0.1) is 0 Å². The summed E-state index contributed by atoms with van der Waals surface area (Å²) >= 11 is 5.55. The Hall–Kier alpha value is -2.28. The van der Waals surface area contributed by atoms with Crippen molar-refractivity contribution in [2.75, 3.05) is 18.9 Å². The van der Waals surface area contributed by atoms with Gasteiger partial charge in [0.1, 0.15) is 0 Å². The Balaban J connectivity index is 1.99. The lowest BCUT2D eigenvalue weighted by molar-refractivity contribution is -0.137. The number of rotatable bonds is 4. The number of anilines is 1. The largest absolute Gasteiger partial charge is 0.417 e. The van der Waals surface area contributed by atoms with Crippen molar-refractivity contribution in [1.29, 1.82) is 0 Å². The van der Waals surface area contributed by atoms with Gasteiger partial charge >= 0.3 is 12.2 Å². The molecule has 0 aliphatic heterocycles.